The molecule has 0 saturated heterocycles. The van der Waals surface area contributed by atoms with E-state index >= 15 is 0 Å². The van der Waals surface area contributed by atoms with Gasteiger partial charge >= 0.3 is 5.97 Å². The average molecular weight is 190 g/mol. The first-order valence-electron chi connectivity index (χ1n) is 4.02. The zero-order chi connectivity index (χ0) is 10.5. The molecule has 0 fully saturated rings. The average Bonchev–Trinajstić information content (AvgIpc) is 2.03. The van der Waals surface area contributed by atoms with Crippen molar-refractivity contribution in [2.45, 2.75) is 19.9 Å². The Kier molecular flexibility index (Phi) is 4.61. The summed E-state index contributed by atoms with van der Waals surface area (Å²) in [6.45, 7) is 6.40. The van der Waals surface area contributed by atoms with E-state index in [1.165, 1.54) is 0 Å². The summed E-state index contributed by atoms with van der Waals surface area (Å²) in [5, 5.41) is 18.5. The molecule has 0 unspecified atom stereocenters. The molecule has 0 atom stereocenters. The summed E-state index contributed by atoms with van der Waals surface area (Å²) in [6.07, 6.45) is 1.03. The second-order valence-corrected chi connectivity index (χ2v) is 2.97. The quantitative estimate of drug-likeness (QED) is 0.290. The van der Waals surface area contributed by atoms with Crippen molar-refractivity contribution in [1.29, 1.82) is 0 Å². The Balaban J connectivity index is 3.76. The van der Waals surface area contributed by atoms with Crippen LogP contribution in [0.2, 0.25) is 0 Å². The normalized spacial score (nSPS) is 11.5. The van der Waals surface area contributed by atoms with E-state index in [2.05, 4.69) is 11.3 Å². The Morgan fingerprint density at radius 3 is 2.54 bits per heavy atom. The van der Waals surface area contributed by atoms with Gasteiger partial charge in [0.2, 0.25) is 0 Å². The van der Waals surface area contributed by atoms with Gasteiger partial charge in [0, 0.05) is 6.08 Å². The van der Waals surface area contributed by atoms with Gasteiger partial charge < -0.3 is 4.74 Å². The standard InChI is InChI=1S/C8H16NO4/c1-4-8(10)13-6-5-9(11,12)7(2)3/h4,7,11-12H,1,5-6H2,2-3H3/q+1. The minimum absolute atomic E-state index is 0.0456. The Hall–Kier alpha value is -0.910. The summed E-state index contributed by atoms with van der Waals surface area (Å²) < 4.78 is 4.58. The molecule has 0 amide bonds. The molecule has 2 N–H and O–H groups in total. The first-order valence-corrected chi connectivity index (χ1v) is 4.02. The third-order valence-electron chi connectivity index (χ3n) is 1.66. The van der Waals surface area contributed by atoms with Crippen LogP contribution >= 0.6 is 0 Å². The van der Waals surface area contributed by atoms with Gasteiger partial charge in [-0.25, -0.2) is 4.79 Å². The lowest BCUT2D eigenvalue weighted by atomic mass is 10.4. The molecule has 0 bridgehead atoms. The van der Waals surface area contributed by atoms with E-state index in [-0.39, 0.29) is 19.2 Å². The van der Waals surface area contributed by atoms with Gasteiger partial charge in [-0.2, -0.15) is 10.4 Å². The topological polar surface area (TPSA) is 66.8 Å². The third-order valence-corrected chi connectivity index (χ3v) is 1.66. The minimum Gasteiger partial charge on any atom is -0.456 e. The van der Waals surface area contributed by atoms with Crippen molar-refractivity contribution in [3.8, 4) is 0 Å². The second kappa shape index (κ2) is 4.96. The molecule has 0 aromatic carbocycles. The summed E-state index contributed by atoms with van der Waals surface area (Å²) in [7, 11) is 0. The first kappa shape index (κ1) is 12.1. The van der Waals surface area contributed by atoms with Crippen LogP contribution in [-0.4, -0.2) is 40.4 Å². The van der Waals surface area contributed by atoms with Crippen LogP contribution in [0, 0.1) is 0 Å². The Bertz CT molecular complexity index is 189. The fourth-order valence-electron chi connectivity index (χ4n) is 0.598. The van der Waals surface area contributed by atoms with Crippen LogP contribution in [0.4, 0.5) is 0 Å². The molecule has 0 heterocycles. The lowest BCUT2D eigenvalue weighted by Gasteiger charge is -2.24. The predicted molar refractivity (Wildman–Crippen MR) is 45.0 cm³/mol. The summed E-state index contributed by atoms with van der Waals surface area (Å²) >= 11 is 0. The number of ether oxygens (including phenoxy) is 1. The number of quaternary nitrogens is 1. The molecule has 0 aromatic heterocycles. The Morgan fingerprint density at radius 1 is 1.62 bits per heavy atom. The summed E-state index contributed by atoms with van der Waals surface area (Å²) in [5.41, 5.74) is 0. The van der Waals surface area contributed by atoms with E-state index in [4.69, 9.17) is 0 Å². The van der Waals surface area contributed by atoms with E-state index < -0.39 is 10.8 Å². The van der Waals surface area contributed by atoms with Crippen molar-refractivity contribution in [1.82, 2.24) is 0 Å². The van der Waals surface area contributed by atoms with Crippen LogP contribution in [0.25, 0.3) is 0 Å². The van der Waals surface area contributed by atoms with E-state index in [1.807, 2.05) is 0 Å². The molecule has 0 saturated carbocycles. The fraction of sp³-hybridized carbons (Fsp3) is 0.625. The van der Waals surface area contributed by atoms with E-state index in [0.717, 1.165) is 6.08 Å². The van der Waals surface area contributed by atoms with Gasteiger partial charge in [-0.1, -0.05) is 6.58 Å². The Morgan fingerprint density at radius 2 is 2.15 bits per heavy atom. The molecule has 0 radical (unpaired) electrons. The predicted octanol–water partition coefficient (Wildman–Crippen LogP) is 0.719. The number of esters is 1. The zero-order valence-corrected chi connectivity index (χ0v) is 7.93. The van der Waals surface area contributed by atoms with Gasteiger partial charge in [-0.15, -0.1) is 0 Å². The molecule has 13 heavy (non-hydrogen) atoms. The van der Waals surface area contributed by atoms with Crippen molar-refractivity contribution < 1.29 is 24.8 Å². The molecule has 0 rings (SSSR count). The van der Waals surface area contributed by atoms with Gasteiger partial charge in [0.25, 0.3) is 0 Å². The number of carbonyl (C=O) groups is 1. The number of nitrogens with zero attached hydrogens (tertiary/aromatic N) is 1. The molecule has 0 aliphatic carbocycles. The van der Waals surface area contributed by atoms with Crippen LogP contribution in [-0.2, 0) is 9.53 Å². The Labute approximate surface area is 77.3 Å². The van der Waals surface area contributed by atoms with Gasteiger partial charge in [0.05, 0.1) is 0 Å². The van der Waals surface area contributed by atoms with E-state index in [1.54, 1.807) is 13.8 Å². The molecular formula is C8H16NO4+. The SMILES string of the molecule is C=CC(=O)OCC[N+](O)(O)C(C)C. The molecule has 0 aliphatic heterocycles. The molecule has 0 spiro atoms. The van der Waals surface area contributed by atoms with Crippen molar-refractivity contribution in [2.75, 3.05) is 13.2 Å². The summed E-state index contributed by atoms with van der Waals surface area (Å²) in [5.74, 6) is -0.566. The molecule has 5 nitrogen and oxygen atoms in total. The van der Waals surface area contributed by atoms with E-state index in [9.17, 15) is 15.2 Å². The van der Waals surface area contributed by atoms with Crippen LogP contribution in [0.15, 0.2) is 12.7 Å². The number of carbonyl (C=O) groups excluding carboxylic acids is 1. The summed E-state index contributed by atoms with van der Waals surface area (Å²) in [4.78, 5) is 9.41. The summed E-state index contributed by atoms with van der Waals surface area (Å²) in [6, 6.07) is -0.359. The smallest absolute Gasteiger partial charge is 0.330 e. The van der Waals surface area contributed by atoms with Gasteiger partial charge in [-0.3, -0.25) is 0 Å². The maximum absolute atomic E-state index is 10.6. The molecular weight excluding hydrogens is 174 g/mol. The van der Waals surface area contributed by atoms with Crippen LogP contribution in [0.3, 0.4) is 0 Å². The van der Waals surface area contributed by atoms with Crippen molar-refractivity contribution >= 4 is 5.97 Å². The first-order chi connectivity index (χ1) is 5.90. The lowest BCUT2D eigenvalue weighted by Crippen LogP contribution is -2.49. The highest BCUT2D eigenvalue weighted by atomic mass is 16.8. The lowest BCUT2D eigenvalue weighted by molar-refractivity contribution is -1.26. The largest absolute Gasteiger partial charge is 0.456 e. The maximum atomic E-state index is 10.6. The fourth-order valence-corrected chi connectivity index (χ4v) is 0.598. The van der Waals surface area contributed by atoms with Crippen molar-refractivity contribution in [3.63, 3.8) is 0 Å². The van der Waals surface area contributed by atoms with Crippen LogP contribution in [0.5, 0.6) is 0 Å². The molecule has 76 valence electrons. The zero-order valence-electron chi connectivity index (χ0n) is 7.93. The monoisotopic (exact) mass is 190 g/mol. The minimum atomic E-state index is -1.15. The number of hydrogen-bond donors (Lipinski definition) is 2. The van der Waals surface area contributed by atoms with Crippen LogP contribution < -0.4 is 0 Å². The molecule has 0 aromatic rings. The third kappa shape index (κ3) is 4.62. The van der Waals surface area contributed by atoms with E-state index in [0.29, 0.717) is 0 Å². The number of rotatable bonds is 5. The van der Waals surface area contributed by atoms with Gasteiger partial charge in [0.15, 0.2) is 6.54 Å². The van der Waals surface area contributed by atoms with Gasteiger partial charge in [0.1, 0.15) is 12.6 Å². The van der Waals surface area contributed by atoms with Gasteiger partial charge in [-0.05, 0) is 18.7 Å². The highest BCUT2D eigenvalue weighted by Gasteiger charge is 2.27. The number of hydroxylamine groups is 4. The van der Waals surface area contributed by atoms with Crippen molar-refractivity contribution in [3.05, 3.63) is 12.7 Å². The van der Waals surface area contributed by atoms with Crippen molar-refractivity contribution in [2.24, 2.45) is 0 Å². The highest BCUT2D eigenvalue weighted by Crippen LogP contribution is 2.03. The highest BCUT2D eigenvalue weighted by molar-refractivity contribution is 5.81. The molecule has 5 heteroatoms. The number of hydrogen-bond acceptors (Lipinski definition) is 4. The maximum Gasteiger partial charge on any atom is 0.330 e. The molecule has 0 aliphatic rings. The second-order valence-electron chi connectivity index (χ2n) is 2.97. The van der Waals surface area contributed by atoms with Crippen LogP contribution in [0.1, 0.15) is 13.8 Å².